The van der Waals surface area contributed by atoms with Crippen molar-refractivity contribution in [1.29, 1.82) is 5.26 Å². The number of anilines is 2. The number of hydrogen-bond donors (Lipinski definition) is 2. The van der Waals surface area contributed by atoms with Gasteiger partial charge in [0.15, 0.2) is 0 Å². The van der Waals surface area contributed by atoms with E-state index in [-0.39, 0.29) is 11.9 Å². The first-order valence-corrected chi connectivity index (χ1v) is 6.91. The van der Waals surface area contributed by atoms with Crippen molar-refractivity contribution in [3.05, 3.63) is 47.4 Å². The van der Waals surface area contributed by atoms with Gasteiger partial charge < -0.3 is 10.6 Å². The summed E-state index contributed by atoms with van der Waals surface area (Å²) in [6, 6.07) is 10.5. The van der Waals surface area contributed by atoms with Crippen LogP contribution in [0.15, 0.2) is 30.3 Å². The predicted octanol–water partition coefficient (Wildman–Crippen LogP) is 2.73. The van der Waals surface area contributed by atoms with Gasteiger partial charge in [-0.25, -0.2) is 9.97 Å². The van der Waals surface area contributed by atoms with E-state index >= 15 is 0 Å². The lowest BCUT2D eigenvalue weighted by molar-refractivity contribution is 0.102. The molecule has 0 saturated heterocycles. The minimum atomic E-state index is -0.318. The van der Waals surface area contributed by atoms with E-state index < -0.39 is 0 Å². The molecule has 1 amide bonds. The highest BCUT2D eigenvalue weighted by Crippen LogP contribution is 2.12. The molecule has 1 aromatic carbocycles. The molecule has 1 heterocycles. The van der Waals surface area contributed by atoms with Crippen LogP contribution in [-0.2, 0) is 0 Å². The van der Waals surface area contributed by atoms with Gasteiger partial charge in [-0.1, -0.05) is 0 Å². The Bertz CT molecular complexity index is 716. The lowest BCUT2D eigenvalue weighted by Crippen LogP contribution is -2.17. The molecule has 2 aromatic rings. The Morgan fingerprint density at radius 1 is 1.23 bits per heavy atom. The van der Waals surface area contributed by atoms with Crippen LogP contribution in [0.2, 0.25) is 0 Å². The first-order valence-electron chi connectivity index (χ1n) is 6.91. The normalized spacial score (nSPS) is 10.1. The van der Waals surface area contributed by atoms with E-state index in [2.05, 4.69) is 20.6 Å². The number of rotatable bonds is 4. The maximum atomic E-state index is 12.3. The fraction of sp³-hybridized carbons (Fsp3) is 0.250. The number of nitriles is 1. The molecule has 2 rings (SSSR count). The van der Waals surface area contributed by atoms with E-state index in [0.29, 0.717) is 28.6 Å². The smallest absolute Gasteiger partial charge is 0.274 e. The predicted molar refractivity (Wildman–Crippen MR) is 84.6 cm³/mol. The summed E-state index contributed by atoms with van der Waals surface area (Å²) in [6.45, 7) is 5.73. The number of hydrogen-bond acceptors (Lipinski definition) is 5. The molecule has 6 nitrogen and oxygen atoms in total. The Morgan fingerprint density at radius 2 is 1.91 bits per heavy atom. The maximum Gasteiger partial charge on any atom is 0.274 e. The van der Waals surface area contributed by atoms with Crippen molar-refractivity contribution in [3.63, 3.8) is 0 Å². The molecule has 0 unspecified atom stereocenters. The van der Waals surface area contributed by atoms with Crippen LogP contribution in [0.3, 0.4) is 0 Å². The van der Waals surface area contributed by atoms with Gasteiger partial charge in [0.05, 0.1) is 11.6 Å². The first-order chi connectivity index (χ1) is 10.5. The molecule has 1 aromatic heterocycles. The highest BCUT2D eigenvalue weighted by atomic mass is 16.1. The molecular formula is C16H17N5O. The quantitative estimate of drug-likeness (QED) is 0.905. The standard InChI is InChI=1S/C16H17N5O/c1-10(2)18-15-8-14(19-11(3)20-15)16(22)21-13-6-4-12(9-17)5-7-13/h4-8,10H,1-3H3,(H,21,22)(H,18,19,20). The van der Waals surface area contributed by atoms with Gasteiger partial charge in [0.25, 0.3) is 5.91 Å². The van der Waals surface area contributed by atoms with Crippen molar-refractivity contribution in [2.75, 3.05) is 10.6 Å². The van der Waals surface area contributed by atoms with Crippen molar-refractivity contribution in [3.8, 4) is 6.07 Å². The van der Waals surface area contributed by atoms with Crippen LogP contribution in [0.4, 0.5) is 11.5 Å². The number of benzene rings is 1. The fourth-order valence-corrected chi connectivity index (χ4v) is 1.88. The number of aromatic nitrogens is 2. The molecule has 0 saturated carbocycles. The second-order valence-electron chi connectivity index (χ2n) is 5.13. The minimum Gasteiger partial charge on any atom is -0.368 e. The molecule has 6 heteroatoms. The first kappa shape index (κ1) is 15.4. The second-order valence-corrected chi connectivity index (χ2v) is 5.13. The molecule has 0 radical (unpaired) electrons. The number of aryl methyl sites for hydroxylation is 1. The largest absolute Gasteiger partial charge is 0.368 e. The number of nitrogens with one attached hydrogen (secondary N) is 2. The molecule has 0 fully saturated rings. The maximum absolute atomic E-state index is 12.3. The Labute approximate surface area is 129 Å². The van der Waals surface area contributed by atoms with Gasteiger partial charge in [-0.15, -0.1) is 0 Å². The average Bonchev–Trinajstić information content (AvgIpc) is 2.46. The zero-order valence-electron chi connectivity index (χ0n) is 12.7. The highest BCUT2D eigenvalue weighted by molar-refractivity contribution is 6.03. The van der Waals surface area contributed by atoms with Gasteiger partial charge in [-0.2, -0.15) is 5.26 Å². The fourth-order valence-electron chi connectivity index (χ4n) is 1.88. The summed E-state index contributed by atoms with van der Waals surface area (Å²) in [5.74, 6) is 0.824. The molecule has 0 spiro atoms. The molecule has 22 heavy (non-hydrogen) atoms. The Balaban J connectivity index is 2.18. The lowest BCUT2D eigenvalue weighted by Gasteiger charge is -2.11. The number of carbonyl (C=O) groups is 1. The summed E-state index contributed by atoms with van der Waals surface area (Å²) in [5, 5.41) is 14.7. The van der Waals surface area contributed by atoms with Crippen LogP contribution in [-0.4, -0.2) is 21.9 Å². The summed E-state index contributed by atoms with van der Waals surface area (Å²) >= 11 is 0. The van der Waals surface area contributed by atoms with Gasteiger partial charge >= 0.3 is 0 Å². The van der Waals surface area contributed by atoms with E-state index in [4.69, 9.17) is 5.26 Å². The van der Waals surface area contributed by atoms with Gasteiger partial charge in [0.2, 0.25) is 0 Å². The topological polar surface area (TPSA) is 90.7 Å². The average molecular weight is 295 g/mol. The van der Waals surface area contributed by atoms with E-state index in [1.807, 2.05) is 19.9 Å². The van der Waals surface area contributed by atoms with Crippen molar-refractivity contribution in [2.24, 2.45) is 0 Å². The third-order valence-corrected chi connectivity index (χ3v) is 2.78. The summed E-state index contributed by atoms with van der Waals surface area (Å²) in [6.07, 6.45) is 0. The van der Waals surface area contributed by atoms with Gasteiger partial charge in [0, 0.05) is 17.8 Å². The Kier molecular flexibility index (Phi) is 4.69. The van der Waals surface area contributed by atoms with Crippen LogP contribution < -0.4 is 10.6 Å². The van der Waals surface area contributed by atoms with Crippen LogP contribution in [0.1, 0.15) is 35.7 Å². The molecular weight excluding hydrogens is 278 g/mol. The van der Waals surface area contributed by atoms with Crippen LogP contribution in [0, 0.1) is 18.3 Å². The Hall–Kier alpha value is -2.94. The molecule has 0 aliphatic rings. The third kappa shape index (κ3) is 4.03. The molecule has 0 aliphatic heterocycles. The Morgan fingerprint density at radius 3 is 2.50 bits per heavy atom. The van der Waals surface area contributed by atoms with Gasteiger partial charge in [0.1, 0.15) is 17.3 Å². The van der Waals surface area contributed by atoms with Crippen molar-refractivity contribution < 1.29 is 4.79 Å². The lowest BCUT2D eigenvalue weighted by atomic mass is 10.2. The SMILES string of the molecule is Cc1nc(NC(C)C)cc(C(=O)Nc2ccc(C#N)cc2)n1. The van der Waals surface area contributed by atoms with E-state index in [9.17, 15) is 4.79 Å². The summed E-state index contributed by atoms with van der Waals surface area (Å²) < 4.78 is 0. The number of carbonyl (C=O) groups excluding carboxylic acids is 1. The van der Waals surface area contributed by atoms with E-state index in [1.54, 1.807) is 37.3 Å². The van der Waals surface area contributed by atoms with Crippen LogP contribution in [0.5, 0.6) is 0 Å². The molecule has 2 N–H and O–H groups in total. The minimum absolute atomic E-state index is 0.212. The number of amides is 1. The highest BCUT2D eigenvalue weighted by Gasteiger charge is 2.11. The zero-order chi connectivity index (χ0) is 16.1. The summed E-state index contributed by atoms with van der Waals surface area (Å²) in [5.41, 5.74) is 1.44. The number of nitrogens with zero attached hydrogens (tertiary/aromatic N) is 3. The molecule has 0 aliphatic carbocycles. The van der Waals surface area contributed by atoms with E-state index in [1.165, 1.54) is 0 Å². The van der Waals surface area contributed by atoms with Gasteiger partial charge in [-0.05, 0) is 45.0 Å². The molecule has 0 bridgehead atoms. The van der Waals surface area contributed by atoms with Crippen molar-refractivity contribution in [1.82, 2.24) is 9.97 Å². The van der Waals surface area contributed by atoms with Crippen molar-refractivity contribution in [2.45, 2.75) is 26.8 Å². The van der Waals surface area contributed by atoms with Gasteiger partial charge in [-0.3, -0.25) is 4.79 Å². The monoisotopic (exact) mass is 295 g/mol. The third-order valence-electron chi connectivity index (χ3n) is 2.78. The molecule has 0 atom stereocenters. The van der Waals surface area contributed by atoms with Crippen LogP contribution >= 0.6 is 0 Å². The van der Waals surface area contributed by atoms with Crippen LogP contribution in [0.25, 0.3) is 0 Å². The second kappa shape index (κ2) is 6.68. The van der Waals surface area contributed by atoms with Crippen molar-refractivity contribution >= 4 is 17.4 Å². The van der Waals surface area contributed by atoms with E-state index in [0.717, 1.165) is 0 Å². The summed E-state index contributed by atoms with van der Waals surface area (Å²) in [7, 11) is 0. The summed E-state index contributed by atoms with van der Waals surface area (Å²) in [4.78, 5) is 20.7. The molecule has 112 valence electrons. The zero-order valence-corrected chi connectivity index (χ0v) is 12.7.